The lowest BCUT2D eigenvalue weighted by atomic mass is 9.75. The fourth-order valence-electron chi connectivity index (χ4n) is 3.03. The maximum absolute atomic E-state index is 5.47. The van der Waals surface area contributed by atoms with Crippen LogP contribution in [0.3, 0.4) is 0 Å². The summed E-state index contributed by atoms with van der Waals surface area (Å²) >= 11 is 0. The number of hydrogen-bond acceptors (Lipinski definition) is 3. The predicted molar refractivity (Wildman–Crippen MR) is 82.8 cm³/mol. The van der Waals surface area contributed by atoms with Gasteiger partial charge in [-0.1, -0.05) is 27.7 Å². The fraction of sp³-hybridized carbons (Fsp3) is 0.647. The van der Waals surface area contributed by atoms with Gasteiger partial charge in [-0.3, -0.25) is 0 Å². The molecule has 0 aliphatic carbocycles. The lowest BCUT2D eigenvalue weighted by Crippen LogP contribution is -2.42. The first kappa shape index (κ1) is 15.2. The van der Waals surface area contributed by atoms with E-state index in [2.05, 4.69) is 45.1 Å². The third-order valence-corrected chi connectivity index (χ3v) is 4.16. The molecule has 0 aromatic heterocycles. The van der Waals surface area contributed by atoms with Gasteiger partial charge < -0.3 is 14.8 Å². The number of rotatable bonds is 4. The van der Waals surface area contributed by atoms with Gasteiger partial charge in [0.05, 0.1) is 14.2 Å². The highest BCUT2D eigenvalue weighted by molar-refractivity contribution is 5.52. The van der Waals surface area contributed by atoms with Gasteiger partial charge in [0.25, 0.3) is 0 Å². The van der Waals surface area contributed by atoms with Crippen molar-refractivity contribution in [2.75, 3.05) is 20.8 Å². The molecule has 1 aliphatic rings. The molecule has 0 fully saturated rings. The lowest BCUT2D eigenvalue weighted by molar-refractivity contribution is 0.328. The Kier molecular flexibility index (Phi) is 4.28. The Balaban J connectivity index is 2.52. The van der Waals surface area contributed by atoms with Crippen LogP contribution in [0.15, 0.2) is 12.1 Å². The van der Waals surface area contributed by atoms with Gasteiger partial charge in [-0.25, -0.2) is 0 Å². The van der Waals surface area contributed by atoms with Crippen molar-refractivity contribution < 1.29 is 9.47 Å². The lowest BCUT2D eigenvalue weighted by Gasteiger charge is -2.39. The van der Waals surface area contributed by atoms with Crippen molar-refractivity contribution in [3.63, 3.8) is 0 Å². The Labute approximate surface area is 122 Å². The predicted octanol–water partition coefficient (Wildman–Crippen LogP) is 3.67. The molecule has 0 amide bonds. The van der Waals surface area contributed by atoms with E-state index in [0.29, 0.717) is 12.0 Å². The summed E-state index contributed by atoms with van der Waals surface area (Å²) in [5.74, 6) is 2.30. The van der Waals surface area contributed by atoms with Crippen LogP contribution in [0, 0.1) is 5.92 Å². The molecule has 112 valence electrons. The molecule has 0 radical (unpaired) electrons. The molecule has 0 saturated carbocycles. The molecule has 1 aliphatic heterocycles. The summed E-state index contributed by atoms with van der Waals surface area (Å²) in [7, 11) is 3.40. The van der Waals surface area contributed by atoms with Crippen LogP contribution in [-0.2, 0) is 5.41 Å². The highest BCUT2D eigenvalue weighted by atomic mass is 16.5. The zero-order chi connectivity index (χ0) is 14.9. The summed E-state index contributed by atoms with van der Waals surface area (Å²) in [4.78, 5) is 0. The summed E-state index contributed by atoms with van der Waals surface area (Å²) in [6, 6.07) is 4.70. The molecule has 3 nitrogen and oxygen atoms in total. The van der Waals surface area contributed by atoms with Crippen LogP contribution < -0.4 is 14.8 Å². The first-order chi connectivity index (χ1) is 9.39. The van der Waals surface area contributed by atoms with Crippen LogP contribution >= 0.6 is 0 Å². The molecule has 0 saturated heterocycles. The highest BCUT2D eigenvalue weighted by Gasteiger charge is 2.33. The molecular weight excluding hydrogens is 250 g/mol. The Bertz CT molecular complexity index is 480. The summed E-state index contributed by atoms with van der Waals surface area (Å²) in [5.41, 5.74) is 2.84. The number of nitrogens with one attached hydrogen (secondary N) is 1. The summed E-state index contributed by atoms with van der Waals surface area (Å²) in [6.07, 6.45) is 1.14. The zero-order valence-corrected chi connectivity index (χ0v) is 13.5. The van der Waals surface area contributed by atoms with Gasteiger partial charge in [0.1, 0.15) is 0 Å². The number of methoxy groups -OCH3 is 2. The Hall–Kier alpha value is -1.22. The molecule has 20 heavy (non-hydrogen) atoms. The van der Waals surface area contributed by atoms with Crippen molar-refractivity contribution in [2.45, 2.75) is 45.6 Å². The van der Waals surface area contributed by atoms with Crippen LogP contribution in [0.1, 0.15) is 51.3 Å². The smallest absolute Gasteiger partial charge is 0.161 e. The van der Waals surface area contributed by atoms with Gasteiger partial charge in [-0.15, -0.1) is 0 Å². The summed E-state index contributed by atoms with van der Waals surface area (Å²) in [5, 5.41) is 3.69. The fourth-order valence-corrected chi connectivity index (χ4v) is 3.03. The van der Waals surface area contributed by atoms with E-state index in [0.717, 1.165) is 24.5 Å². The topological polar surface area (TPSA) is 30.5 Å². The third kappa shape index (κ3) is 2.78. The first-order valence-electron chi connectivity index (χ1n) is 7.39. The van der Waals surface area contributed by atoms with Crippen LogP contribution in [0.5, 0.6) is 11.5 Å². The van der Waals surface area contributed by atoms with Crippen molar-refractivity contribution >= 4 is 0 Å². The molecule has 0 spiro atoms. The monoisotopic (exact) mass is 277 g/mol. The van der Waals surface area contributed by atoms with Gasteiger partial charge >= 0.3 is 0 Å². The average Bonchev–Trinajstić information content (AvgIpc) is 2.40. The SMILES string of the molecule is COc1cc2c(cc1OC)C(C)(C)CNC2CC(C)C. The van der Waals surface area contributed by atoms with Gasteiger partial charge in [-0.05, 0) is 35.6 Å². The van der Waals surface area contributed by atoms with Crippen LogP contribution in [-0.4, -0.2) is 20.8 Å². The second kappa shape index (κ2) is 5.65. The van der Waals surface area contributed by atoms with E-state index in [9.17, 15) is 0 Å². The van der Waals surface area contributed by atoms with E-state index in [1.807, 2.05) is 0 Å². The Morgan fingerprint density at radius 2 is 1.80 bits per heavy atom. The molecule has 2 rings (SSSR count). The third-order valence-electron chi connectivity index (χ3n) is 4.16. The minimum Gasteiger partial charge on any atom is -0.493 e. The van der Waals surface area contributed by atoms with Gasteiger partial charge in [0, 0.05) is 18.0 Å². The van der Waals surface area contributed by atoms with E-state index in [-0.39, 0.29) is 5.41 Å². The molecule has 1 aromatic carbocycles. The van der Waals surface area contributed by atoms with E-state index >= 15 is 0 Å². The largest absolute Gasteiger partial charge is 0.493 e. The van der Waals surface area contributed by atoms with Crippen LogP contribution in [0.25, 0.3) is 0 Å². The molecule has 1 atom stereocenters. The van der Waals surface area contributed by atoms with Crippen LogP contribution in [0.4, 0.5) is 0 Å². The summed E-state index contributed by atoms with van der Waals surface area (Å²) < 4.78 is 10.9. The minimum atomic E-state index is 0.113. The normalized spacial score (nSPS) is 20.6. The van der Waals surface area contributed by atoms with Crippen molar-refractivity contribution in [3.8, 4) is 11.5 Å². The number of ether oxygens (including phenoxy) is 2. The van der Waals surface area contributed by atoms with E-state index < -0.39 is 0 Å². The zero-order valence-electron chi connectivity index (χ0n) is 13.5. The minimum absolute atomic E-state index is 0.113. The molecule has 1 N–H and O–H groups in total. The van der Waals surface area contributed by atoms with Gasteiger partial charge in [0.2, 0.25) is 0 Å². The average molecular weight is 277 g/mol. The van der Waals surface area contributed by atoms with Gasteiger partial charge in [0.15, 0.2) is 11.5 Å². The van der Waals surface area contributed by atoms with E-state index in [4.69, 9.17) is 9.47 Å². The number of fused-ring (bicyclic) bond motifs is 1. The second-order valence-electron chi connectivity index (χ2n) is 6.74. The molecule has 3 heteroatoms. The quantitative estimate of drug-likeness (QED) is 0.911. The maximum Gasteiger partial charge on any atom is 0.161 e. The van der Waals surface area contributed by atoms with Crippen molar-refractivity contribution in [2.24, 2.45) is 5.92 Å². The Morgan fingerprint density at radius 1 is 1.20 bits per heavy atom. The van der Waals surface area contributed by atoms with Gasteiger partial charge in [-0.2, -0.15) is 0 Å². The second-order valence-corrected chi connectivity index (χ2v) is 6.74. The standard InChI is InChI=1S/C17H27NO2/c1-11(2)7-14-12-8-15(19-5)16(20-6)9-13(12)17(3,4)10-18-14/h8-9,11,14,18H,7,10H2,1-6H3. The Morgan fingerprint density at radius 3 is 2.35 bits per heavy atom. The van der Waals surface area contributed by atoms with E-state index in [1.165, 1.54) is 11.1 Å². The molecule has 1 heterocycles. The van der Waals surface area contributed by atoms with E-state index in [1.54, 1.807) is 14.2 Å². The first-order valence-corrected chi connectivity index (χ1v) is 7.39. The highest BCUT2D eigenvalue weighted by Crippen LogP contribution is 2.42. The molecule has 1 aromatic rings. The van der Waals surface area contributed by atoms with Crippen molar-refractivity contribution in [3.05, 3.63) is 23.3 Å². The van der Waals surface area contributed by atoms with Crippen LogP contribution in [0.2, 0.25) is 0 Å². The molecular formula is C17H27NO2. The number of hydrogen-bond donors (Lipinski definition) is 1. The van der Waals surface area contributed by atoms with Crippen molar-refractivity contribution in [1.29, 1.82) is 0 Å². The maximum atomic E-state index is 5.47. The molecule has 0 bridgehead atoms. The number of benzene rings is 1. The van der Waals surface area contributed by atoms with Crippen molar-refractivity contribution in [1.82, 2.24) is 5.32 Å². The summed E-state index contributed by atoms with van der Waals surface area (Å²) in [6.45, 7) is 10.1. The molecule has 1 unspecified atom stereocenters.